The number of alkyl halides is 3. The maximum Gasteiger partial charge on any atom is 0.431 e. The van der Waals surface area contributed by atoms with E-state index in [0.29, 0.717) is 16.1 Å². The number of aromatic amines is 1. The van der Waals surface area contributed by atoms with Gasteiger partial charge in [0.25, 0.3) is 5.56 Å². The van der Waals surface area contributed by atoms with Crippen molar-refractivity contribution >= 4 is 28.5 Å². The first-order chi connectivity index (χ1) is 13.8. The van der Waals surface area contributed by atoms with E-state index < -0.39 is 11.9 Å². The van der Waals surface area contributed by atoms with Crippen LogP contribution in [-0.4, -0.2) is 19.5 Å². The molecule has 0 aliphatic rings. The predicted molar refractivity (Wildman–Crippen MR) is 103 cm³/mol. The van der Waals surface area contributed by atoms with Crippen LogP contribution in [-0.2, 0) is 12.7 Å². The van der Waals surface area contributed by atoms with E-state index in [1.807, 2.05) is 0 Å². The van der Waals surface area contributed by atoms with Gasteiger partial charge in [0.05, 0.1) is 0 Å². The lowest BCUT2D eigenvalue weighted by atomic mass is 10.1. The number of rotatable bonds is 4. The van der Waals surface area contributed by atoms with Crippen LogP contribution >= 0.6 is 11.6 Å². The second-order valence-electron chi connectivity index (χ2n) is 6.21. The molecule has 6 nitrogen and oxygen atoms in total. The van der Waals surface area contributed by atoms with Crippen molar-refractivity contribution in [2.24, 2.45) is 0 Å². The zero-order chi connectivity index (χ0) is 20.6. The Hall–Kier alpha value is -3.33. The quantitative estimate of drug-likeness (QED) is 0.514. The van der Waals surface area contributed by atoms with E-state index in [-0.39, 0.29) is 23.9 Å². The first-order valence-corrected chi connectivity index (χ1v) is 8.82. The van der Waals surface area contributed by atoms with Gasteiger partial charge in [-0.3, -0.25) is 9.36 Å². The van der Waals surface area contributed by atoms with Crippen LogP contribution in [0.2, 0.25) is 5.02 Å². The summed E-state index contributed by atoms with van der Waals surface area (Å²) in [6, 6.07) is 10.4. The SMILES string of the molecule is O=c1[nH]c2ccc(Cl)cc2cc1CNc1nccc(-n2cccc2C(F)(F)F)n1. The number of benzene rings is 1. The maximum atomic E-state index is 13.1. The molecule has 4 rings (SSSR count). The van der Waals surface area contributed by atoms with Crippen LogP contribution in [0.3, 0.4) is 0 Å². The Kier molecular flexibility index (Phi) is 4.75. The number of fused-ring (bicyclic) bond motifs is 1. The van der Waals surface area contributed by atoms with Crippen molar-refractivity contribution in [1.29, 1.82) is 0 Å². The molecule has 0 spiro atoms. The lowest BCUT2D eigenvalue weighted by Crippen LogP contribution is -2.17. The molecular formula is C19H13ClF3N5O. The zero-order valence-electron chi connectivity index (χ0n) is 14.7. The topological polar surface area (TPSA) is 75.6 Å². The monoisotopic (exact) mass is 419 g/mol. The average molecular weight is 420 g/mol. The van der Waals surface area contributed by atoms with E-state index in [1.54, 1.807) is 24.3 Å². The molecule has 3 aromatic heterocycles. The second kappa shape index (κ2) is 7.25. The number of nitrogens with one attached hydrogen (secondary N) is 2. The standard InChI is InChI=1S/C19H13ClF3N5O/c20-13-3-4-14-11(9-13)8-12(17(29)26-14)10-25-18-24-6-5-16(27-18)28-7-1-2-15(28)19(21,22)23/h1-9H,10H2,(H,26,29)(H,24,25,27). The predicted octanol–water partition coefficient (Wildman–Crippen LogP) is 4.39. The molecule has 0 amide bonds. The van der Waals surface area contributed by atoms with Crippen LogP contribution in [0.15, 0.2) is 59.7 Å². The number of pyridine rings is 1. The first-order valence-electron chi connectivity index (χ1n) is 8.44. The summed E-state index contributed by atoms with van der Waals surface area (Å²) in [5.41, 5.74) is -0.0855. The summed E-state index contributed by atoms with van der Waals surface area (Å²) in [5.74, 6) is 0.147. The van der Waals surface area contributed by atoms with E-state index in [2.05, 4.69) is 20.3 Å². The van der Waals surface area contributed by atoms with Crippen LogP contribution < -0.4 is 10.9 Å². The van der Waals surface area contributed by atoms with Gasteiger partial charge in [-0.1, -0.05) is 11.6 Å². The fourth-order valence-corrected chi connectivity index (χ4v) is 3.09. The van der Waals surface area contributed by atoms with E-state index in [9.17, 15) is 18.0 Å². The smallest absolute Gasteiger partial charge is 0.350 e. The van der Waals surface area contributed by atoms with Crippen molar-refractivity contribution in [2.75, 3.05) is 5.32 Å². The highest BCUT2D eigenvalue weighted by molar-refractivity contribution is 6.31. The van der Waals surface area contributed by atoms with Crippen molar-refractivity contribution in [1.82, 2.24) is 19.5 Å². The molecular weight excluding hydrogens is 407 g/mol. The van der Waals surface area contributed by atoms with Crippen LogP contribution in [0, 0.1) is 0 Å². The summed E-state index contributed by atoms with van der Waals surface area (Å²) >= 11 is 5.98. The largest absolute Gasteiger partial charge is 0.431 e. The molecule has 0 atom stereocenters. The van der Waals surface area contributed by atoms with Crippen LogP contribution in [0.4, 0.5) is 19.1 Å². The minimum absolute atomic E-state index is 0.0547. The van der Waals surface area contributed by atoms with Gasteiger partial charge in [-0.05, 0) is 42.5 Å². The van der Waals surface area contributed by atoms with E-state index in [1.165, 1.54) is 24.5 Å². The van der Waals surface area contributed by atoms with Gasteiger partial charge in [0, 0.05) is 40.4 Å². The number of hydrogen-bond donors (Lipinski definition) is 2. The Morgan fingerprint density at radius 3 is 2.79 bits per heavy atom. The molecule has 0 saturated carbocycles. The first kappa shape index (κ1) is 19.0. The summed E-state index contributed by atoms with van der Waals surface area (Å²) in [7, 11) is 0. The molecule has 29 heavy (non-hydrogen) atoms. The Balaban J connectivity index is 1.60. The van der Waals surface area contributed by atoms with Gasteiger partial charge in [-0.2, -0.15) is 18.2 Å². The van der Waals surface area contributed by atoms with E-state index in [0.717, 1.165) is 16.0 Å². The van der Waals surface area contributed by atoms with Crippen molar-refractivity contribution in [3.05, 3.63) is 81.5 Å². The minimum Gasteiger partial charge on any atom is -0.350 e. The maximum absolute atomic E-state index is 13.1. The number of halogens is 4. The third-order valence-corrected chi connectivity index (χ3v) is 4.48. The Morgan fingerprint density at radius 1 is 1.17 bits per heavy atom. The van der Waals surface area contributed by atoms with Crippen molar-refractivity contribution < 1.29 is 13.2 Å². The van der Waals surface area contributed by atoms with Gasteiger partial charge >= 0.3 is 6.18 Å². The molecule has 2 N–H and O–H groups in total. The highest BCUT2D eigenvalue weighted by Gasteiger charge is 2.34. The van der Waals surface area contributed by atoms with Crippen LogP contribution in [0.25, 0.3) is 16.7 Å². The number of hydrogen-bond acceptors (Lipinski definition) is 4. The number of H-pyrrole nitrogens is 1. The van der Waals surface area contributed by atoms with Crippen LogP contribution in [0.1, 0.15) is 11.3 Å². The third kappa shape index (κ3) is 3.95. The molecule has 4 aromatic rings. The van der Waals surface area contributed by atoms with Crippen molar-refractivity contribution in [2.45, 2.75) is 12.7 Å². The Bertz CT molecular complexity index is 1250. The molecule has 0 radical (unpaired) electrons. The van der Waals surface area contributed by atoms with Crippen molar-refractivity contribution in [3.63, 3.8) is 0 Å². The summed E-state index contributed by atoms with van der Waals surface area (Å²) in [4.78, 5) is 23.1. The lowest BCUT2D eigenvalue weighted by molar-refractivity contribution is -0.142. The normalized spacial score (nSPS) is 11.7. The fourth-order valence-electron chi connectivity index (χ4n) is 2.91. The third-order valence-electron chi connectivity index (χ3n) is 4.25. The molecule has 0 aliphatic heterocycles. The van der Waals surface area contributed by atoms with Gasteiger partial charge in [0.1, 0.15) is 11.5 Å². The minimum atomic E-state index is -4.51. The van der Waals surface area contributed by atoms with Gasteiger partial charge in [0.2, 0.25) is 5.95 Å². The van der Waals surface area contributed by atoms with Gasteiger partial charge in [0.15, 0.2) is 0 Å². The molecule has 1 aromatic carbocycles. The summed E-state index contributed by atoms with van der Waals surface area (Å²) in [6.45, 7) is 0.0824. The Morgan fingerprint density at radius 2 is 2.00 bits per heavy atom. The number of nitrogens with zero attached hydrogens (tertiary/aromatic N) is 3. The molecule has 0 fully saturated rings. The van der Waals surface area contributed by atoms with Gasteiger partial charge in [-0.25, -0.2) is 4.98 Å². The Labute approximate surface area is 167 Å². The van der Waals surface area contributed by atoms with Gasteiger partial charge < -0.3 is 10.3 Å². The molecule has 0 saturated heterocycles. The molecule has 0 unspecified atom stereocenters. The van der Waals surface area contributed by atoms with Gasteiger partial charge in [-0.15, -0.1) is 0 Å². The highest BCUT2D eigenvalue weighted by atomic mass is 35.5. The van der Waals surface area contributed by atoms with E-state index in [4.69, 9.17) is 11.6 Å². The summed E-state index contributed by atoms with van der Waals surface area (Å²) in [6.07, 6.45) is -1.90. The van der Waals surface area contributed by atoms with Crippen molar-refractivity contribution in [3.8, 4) is 5.82 Å². The highest BCUT2D eigenvalue weighted by Crippen LogP contribution is 2.31. The number of anilines is 1. The lowest BCUT2D eigenvalue weighted by Gasteiger charge is -2.12. The summed E-state index contributed by atoms with van der Waals surface area (Å²) < 4.78 is 40.3. The molecule has 0 aliphatic carbocycles. The summed E-state index contributed by atoms with van der Waals surface area (Å²) in [5, 5.41) is 4.16. The van der Waals surface area contributed by atoms with Crippen LogP contribution in [0.5, 0.6) is 0 Å². The number of aromatic nitrogens is 4. The molecule has 148 valence electrons. The average Bonchev–Trinajstić information content (AvgIpc) is 3.17. The fraction of sp³-hybridized carbons (Fsp3) is 0.105. The molecule has 3 heterocycles. The molecule has 10 heteroatoms. The molecule has 0 bridgehead atoms. The van der Waals surface area contributed by atoms with E-state index >= 15 is 0 Å². The zero-order valence-corrected chi connectivity index (χ0v) is 15.4. The second-order valence-corrected chi connectivity index (χ2v) is 6.64.